The van der Waals surface area contributed by atoms with Crippen molar-refractivity contribution < 1.29 is 17.6 Å². The summed E-state index contributed by atoms with van der Waals surface area (Å²) in [6.45, 7) is 0. The molecule has 1 aromatic rings. The van der Waals surface area contributed by atoms with E-state index in [-0.39, 0.29) is 0 Å². The van der Waals surface area contributed by atoms with E-state index in [2.05, 4.69) is 15.9 Å². The molecule has 0 heterocycles. The fraction of sp³-hybridized carbons (Fsp3) is 0.111. The number of halogens is 5. The minimum atomic E-state index is -4.35. The lowest BCUT2D eigenvalue weighted by Crippen LogP contribution is -2.03. The zero-order valence-electron chi connectivity index (χ0n) is 6.78. The summed E-state index contributed by atoms with van der Waals surface area (Å²) in [4.78, 5) is 0. The summed E-state index contributed by atoms with van der Waals surface area (Å²) < 4.78 is 47.9. The molecule has 0 N–H and O–H groups in total. The Morgan fingerprint density at radius 3 is 2.00 bits per heavy atom. The van der Waals surface area contributed by atoms with Gasteiger partial charge in [0.25, 0.3) is 0 Å². The Hall–Kier alpha value is -0.840. The fourth-order valence-corrected chi connectivity index (χ4v) is 1.16. The average Bonchev–Trinajstić information content (AvgIpc) is 2.02. The van der Waals surface area contributed by atoms with Crippen LogP contribution in [0.3, 0.4) is 0 Å². The van der Waals surface area contributed by atoms with E-state index in [0.29, 0.717) is 5.56 Å². The molecule has 0 spiro atoms. The van der Waals surface area contributed by atoms with Crippen molar-refractivity contribution in [1.82, 2.24) is 0 Å². The Bertz CT molecular complexity index is 333. The van der Waals surface area contributed by atoms with Gasteiger partial charge in [0.05, 0.1) is 5.56 Å². The summed E-state index contributed by atoms with van der Waals surface area (Å²) in [5.74, 6) is 0. The van der Waals surface area contributed by atoms with E-state index in [1.807, 2.05) is 0 Å². The van der Waals surface area contributed by atoms with E-state index in [9.17, 15) is 17.6 Å². The first kappa shape index (κ1) is 11.2. The molecular formula is C9H5BrF4. The van der Waals surface area contributed by atoms with Crippen LogP contribution in [0.25, 0.3) is 6.08 Å². The summed E-state index contributed by atoms with van der Waals surface area (Å²) in [6, 6.07) is 4.21. The molecule has 0 saturated heterocycles. The molecule has 76 valence electrons. The molecule has 0 amide bonds. The summed E-state index contributed by atoms with van der Waals surface area (Å²) >= 11 is 2.54. The first-order valence-electron chi connectivity index (χ1n) is 3.59. The van der Waals surface area contributed by atoms with Crippen LogP contribution >= 0.6 is 15.9 Å². The number of hydrogen-bond acceptors (Lipinski definition) is 0. The third-order valence-corrected chi connectivity index (χ3v) is 1.74. The van der Waals surface area contributed by atoms with Crippen molar-refractivity contribution in [3.8, 4) is 0 Å². The second-order valence-electron chi connectivity index (χ2n) is 2.55. The molecule has 0 unspecified atom stereocenters. The van der Waals surface area contributed by atoms with Gasteiger partial charge in [-0.2, -0.15) is 17.6 Å². The van der Waals surface area contributed by atoms with Gasteiger partial charge in [0, 0.05) is 0 Å². The minimum Gasteiger partial charge on any atom is -0.199 e. The summed E-state index contributed by atoms with van der Waals surface area (Å²) in [5, 5.41) is 0. The van der Waals surface area contributed by atoms with Crippen LogP contribution in [0.15, 0.2) is 29.0 Å². The number of hydrogen-bond donors (Lipinski definition) is 0. The van der Waals surface area contributed by atoms with E-state index in [0.717, 1.165) is 18.2 Å². The first-order valence-corrected chi connectivity index (χ1v) is 4.39. The highest BCUT2D eigenvalue weighted by Gasteiger charge is 2.29. The number of rotatable bonds is 1. The van der Waals surface area contributed by atoms with Crippen LogP contribution in [0.5, 0.6) is 0 Å². The standard InChI is InChI=1S/C9H5BrF4/c10-8(11)5-6-1-3-7(4-2-6)9(12,13)14/h1-5H/b8-5-. The van der Waals surface area contributed by atoms with Gasteiger partial charge in [-0.3, -0.25) is 0 Å². The molecule has 0 nitrogen and oxygen atoms in total. The summed E-state index contributed by atoms with van der Waals surface area (Å²) in [6.07, 6.45) is -3.27. The highest BCUT2D eigenvalue weighted by atomic mass is 79.9. The largest absolute Gasteiger partial charge is 0.416 e. The molecular weight excluding hydrogens is 264 g/mol. The van der Waals surface area contributed by atoms with Crippen molar-refractivity contribution in [2.45, 2.75) is 6.18 Å². The highest BCUT2D eigenvalue weighted by molar-refractivity contribution is 9.11. The lowest BCUT2D eigenvalue weighted by Gasteiger charge is -2.05. The van der Waals surface area contributed by atoms with Gasteiger partial charge in [0.1, 0.15) is 0 Å². The maximum Gasteiger partial charge on any atom is 0.416 e. The third kappa shape index (κ3) is 3.14. The van der Waals surface area contributed by atoms with E-state index in [1.54, 1.807) is 0 Å². The van der Waals surface area contributed by atoms with Gasteiger partial charge in [-0.15, -0.1) is 0 Å². The van der Waals surface area contributed by atoms with Crippen LogP contribution < -0.4 is 0 Å². The quantitative estimate of drug-likeness (QED) is 0.664. The van der Waals surface area contributed by atoms with Gasteiger partial charge < -0.3 is 0 Å². The van der Waals surface area contributed by atoms with Crippen molar-refractivity contribution in [2.75, 3.05) is 0 Å². The van der Waals surface area contributed by atoms with Gasteiger partial charge in [-0.25, -0.2) is 0 Å². The van der Waals surface area contributed by atoms with Crippen LogP contribution in [0.1, 0.15) is 11.1 Å². The van der Waals surface area contributed by atoms with Gasteiger partial charge in [-0.1, -0.05) is 12.1 Å². The predicted octanol–water partition coefficient (Wildman–Crippen LogP) is 4.37. The summed E-state index contributed by atoms with van der Waals surface area (Å²) in [7, 11) is 0. The molecule has 0 atom stereocenters. The second-order valence-corrected chi connectivity index (χ2v) is 3.31. The van der Waals surface area contributed by atoms with E-state index >= 15 is 0 Å². The van der Waals surface area contributed by atoms with Crippen LogP contribution in [0.2, 0.25) is 0 Å². The van der Waals surface area contributed by atoms with Crippen LogP contribution in [-0.2, 0) is 6.18 Å². The van der Waals surface area contributed by atoms with Gasteiger partial charge in [0.15, 0.2) is 4.74 Å². The predicted molar refractivity (Wildman–Crippen MR) is 49.5 cm³/mol. The van der Waals surface area contributed by atoms with Crippen molar-refractivity contribution in [1.29, 1.82) is 0 Å². The van der Waals surface area contributed by atoms with Crippen LogP contribution in [0.4, 0.5) is 17.6 Å². The molecule has 0 aliphatic carbocycles. The molecule has 0 bridgehead atoms. The monoisotopic (exact) mass is 268 g/mol. The second kappa shape index (κ2) is 4.13. The Morgan fingerprint density at radius 1 is 1.14 bits per heavy atom. The molecule has 0 radical (unpaired) electrons. The summed E-state index contributed by atoms with van der Waals surface area (Å²) in [5.41, 5.74) is -0.378. The molecule has 5 heteroatoms. The molecule has 1 aromatic carbocycles. The molecule has 14 heavy (non-hydrogen) atoms. The third-order valence-electron chi connectivity index (χ3n) is 1.51. The maximum absolute atomic E-state index is 12.3. The molecule has 0 aromatic heterocycles. The molecule has 0 aliphatic heterocycles. The number of benzene rings is 1. The highest BCUT2D eigenvalue weighted by Crippen LogP contribution is 2.29. The normalized spacial score (nSPS) is 13.1. The maximum atomic E-state index is 12.3. The Balaban J connectivity index is 2.95. The number of alkyl halides is 3. The van der Waals surface area contributed by atoms with Crippen LogP contribution in [-0.4, -0.2) is 0 Å². The lowest BCUT2D eigenvalue weighted by atomic mass is 10.1. The van der Waals surface area contributed by atoms with E-state index < -0.39 is 16.5 Å². The smallest absolute Gasteiger partial charge is 0.199 e. The zero-order valence-corrected chi connectivity index (χ0v) is 8.36. The van der Waals surface area contributed by atoms with Crippen molar-refractivity contribution >= 4 is 22.0 Å². The SMILES string of the molecule is F/C(Br)=C\c1ccc(C(F)(F)F)cc1. The molecule has 0 fully saturated rings. The van der Waals surface area contributed by atoms with Gasteiger partial charge in [-0.05, 0) is 39.7 Å². The Labute approximate surface area is 86.4 Å². The van der Waals surface area contributed by atoms with E-state index in [1.165, 1.54) is 12.1 Å². The van der Waals surface area contributed by atoms with Crippen molar-refractivity contribution in [2.24, 2.45) is 0 Å². The van der Waals surface area contributed by atoms with Crippen molar-refractivity contribution in [3.05, 3.63) is 40.1 Å². The topological polar surface area (TPSA) is 0 Å². The average molecular weight is 269 g/mol. The molecule has 0 saturated carbocycles. The van der Waals surface area contributed by atoms with Crippen molar-refractivity contribution in [3.63, 3.8) is 0 Å². The fourth-order valence-electron chi connectivity index (χ4n) is 0.894. The first-order chi connectivity index (χ1) is 6.39. The molecule has 1 rings (SSSR count). The van der Waals surface area contributed by atoms with E-state index in [4.69, 9.17) is 0 Å². The molecule has 0 aliphatic rings. The Morgan fingerprint density at radius 2 is 1.64 bits per heavy atom. The zero-order chi connectivity index (χ0) is 10.8. The lowest BCUT2D eigenvalue weighted by molar-refractivity contribution is -0.137. The Kier molecular flexibility index (Phi) is 3.31. The minimum absolute atomic E-state index is 0.368. The van der Waals surface area contributed by atoms with Gasteiger partial charge >= 0.3 is 6.18 Å². The van der Waals surface area contributed by atoms with Gasteiger partial charge in [0.2, 0.25) is 0 Å². The van der Waals surface area contributed by atoms with Crippen LogP contribution in [0, 0.1) is 0 Å².